The molecular weight excluding hydrogens is 198 g/mol. The molecule has 0 spiro atoms. The van der Waals surface area contributed by atoms with Crippen molar-refractivity contribution in [2.24, 2.45) is 5.73 Å². The Balaban J connectivity index is 2.93. The topological polar surface area (TPSA) is 98.1 Å². The minimum absolute atomic E-state index is 0.0855. The van der Waals surface area contributed by atoms with Gasteiger partial charge in [-0.25, -0.2) is 9.78 Å². The van der Waals surface area contributed by atoms with E-state index in [-0.39, 0.29) is 12.2 Å². The molecule has 0 aliphatic rings. The van der Waals surface area contributed by atoms with Crippen molar-refractivity contribution < 1.29 is 9.53 Å². The summed E-state index contributed by atoms with van der Waals surface area (Å²) in [7, 11) is 0. The van der Waals surface area contributed by atoms with Crippen molar-refractivity contribution >= 4 is 5.97 Å². The average Bonchev–Trinajstić information content (AvgIpc) is 2.18. The summed E-state index contributed by atoms with van der Waals surface area (Å²) in [6.45, 7) is 2.28. The number of H-pyrrole nitrogens is 1. The third-order valence-electron chi connectivity index (χ3n) is 1.73. The van der Waals surface area contributed by atoms with Crippen LogP contribution in [0.3, 0.4) is 0 Å². The van der Waals surface area contributed by atoms with Gasteiger partial charge in [-0.15, -0.1) is 0 Å². The first-order valence-corrected chi connectivity index (χ1v) is 4.64. The molecule has 6 nitrogen and oxygen atoms in total. The van der Waals surface area contributed by atoms with Crippen LogP contribution in [0, 0.1) is 0 Å². The van der Waals surface area contributed by atoms with E-state index >= 15 is 0 Å². The lowest BCUT2D eigenvalue weighted by molar-refractivity contribution is 0.0523. The zero-order valence-corrected chi connectivity index (χ0v) is 8.45. The van der Waals surface area contributed by atoms with Crippen molar-refractivity contribution in [3.63, 3.8) is 0 Å². The fourth-order valence-electron chi connectivity index (χ4n) is 1.05. The van der Waals surface area contributed by atoms with Gasteiger partial charge in [0.25, 0.3) is 5.56 Å². The number of hydrogen-bond acceptors (Lipinski definition) is 5. The molecule has 0 bridgehead atoms. The Hall–Kier alpha value is -1.69. The minimum Gasteiger partial charge on any atom is -0.462 e. The van der Waals surface area contributed by atoms with E-state index in [4.69, 9.17) is 5.73 Å². The average molecular weight is 211 g/mol. The Morgan fingerprint density at radius 2 is 2.40 bits per heavy atom. The van der Waals surface area contributed by atoms with Crippen molar-refractivity contribution in [1.29, 1.82) is 0 Å². The number of nitrogens with two attached hydrogens (primary N) is 1. The fraction of sp³-hybridized carbons (Fsp3) is 0.444. The van der Waals surface area contributed by atoms with E-state index in [1.807, 2.05) is 0 Å². The van der Waals surface area contributed by atoms with Gasteiger partial charge in [0, 0.05) is 12.6 Å². The van der Waals surface area contributed by atoms with Crippen LogP contribution in [0.15, 0.2) is 11.0 Å². The number of ether oxygens (including phenoxy) is 1. The number of hydrogen-bond donors (Lipinski definition) is 2. The van der Waals surface area contributed by atoms with Gasteiger partial charge in [-0.2, -0.15) is 0 Å². The van der Waals surface area contributed by atoms with E-state index in [9.17, 15) is 9.59 Å². The second kappa shape index (κ2) is 5.26. The second-order valence-electron chi connectivity index (χ2n) is 2.83. The maximum atomic E-state index is 11.4. The van der Waals surface area contributed by atoms with E-state index in [2.05, 4.69) is 14.7 Å². The number of carbonyl (C=O) groups excluding carboxylic acids is 1. The lowest BCUT2D eigenvalue weighted by Crippen LogP contribution is -2.22. The lowest BCUT2D eigenvalue weighted by Gasteiger charge is -2.01. The molecule has 0 saturated heterocycles. The Morgan fingerprint density at radius 1 is 1.67 bits per heavy atom. The van der Waals surface area contributed by atoms with E-state index in [0.717, 1.165) is 0 Å². The molecule has 15 heavy (non-hydrogen) atoms. The maximum Gasteiger partial charge on any atom is 0.345 e. The number of aromatic nitrogens is 2. The molecule has 82 valence electrons. The van der Waals surface area contributed by atoms with Crippen LogP contribution in [0.4, 0.5) is 0 Å². The predicted molar refractivity (Wildman–Crippen MR) is 53.6 cm³/mol. The van der Waals surface area contributed by atoms with Crippen LogP contribution in [-0.4, -0.2) is 29.1 Å². The molecule has 0 aliphatic carbocycles. The molecule has 0 fully saturated rings. The van der Waals surface area contributed by atoms with Crippen molar-refractivity contribution in [2.45, 2.75) is 13.3 Å². The largest absolute Gasteiger partial charge is 0.462 e. The highest BCUT2D eigenvalue weighted by molar-refractivity contribution is 5.88. The molecule has 6 heteroatoms. The summed E-state index contributed by atoms with van der Waals surface area (Å²) in [6.07, 6.45) is 1.68. The van der Waals surface area contributed by atoms with E-state index in [1.165, 1.54) is 6.20 Å². The highest BCUT2D eigenvalue weighted by Crippen LogP contribution is 1.94. The van der Waals surface area contributed by atoms with Gasteiger partial charge >= 0.3 is 5.97 Å². The standard InChI is InChI=1S/C9H13N3O3/c1-2-15-9(14)6-5-11-7(3-4-10)12-8(6)13/h5H,2-4,10H2,1H3,(H,11,12,13). The van der Waals surface area contributed by atoms with Crippen LogP contribution in [0.25, 0.3) is 0 Å². The number of rotatable bonds is 4. The number of aromatic amines is 1. The zero-order valence-electron chi connectivity index (χ0n) is 8.45. The first kappa shape index (κ1) is 11.4. The van der Waals surface area contributed by atoms with Gasteiger partial charge in [-0.3, -0.25) is 4.79 Å². The van der Waals surface area contributed by atoms with Crippen LogP contribution < -0.4 is 11.3 Å². The fourth-order valence-corrected chi connectivity index (χ4v) is 1.05. The number of nitrogens with one attached hydrogen (secondary N) is 1. The van der Waals surface area contributed by atoms with Gasteiger partial charge in [-0.05, 0) is 13.5 Å². The molecular formula is C9H13N3O3. The molecule has 0 atom stereocenters. The highest BCUT2D eigenvalue weighted by Gasteiger charge is 2.12. The van der Waals surface area contributed by atoms with Gasteiger partial charge in [0.15, 0.2) is 0 Å². The molecule has 1 rings (SSSR count). The molecule has 0 saturated carbocycles. The van der Waals surface area contributed by atoms with Crippen molar-refractivity contribution in [3.8, 4) is 0 Å². The third kappa shape index (κ3) is 2.88. The van der Waals surface area contributed by atoms with Gasteiger partial charge in [0.1, 0.15) is 11.4 Å². The summed E-state index contributed by atoms with van der Waals surface area (Å²) in [6, 6.07) is 0. The van der Waals surface area contributed by atoms with Crippen molar-refractivity contribution in [2.75, 3.05) is 13.2 Å². The third-order valence-corrected chi connectivity index (χ3v) is 1.73. The first-order chi connectivity index (χ1) is 7.19. The molecule has 0 aliphatic heterocycles. The molecule has 1 aromatic rings. The van der Waals surface area contributed by atoms with Crippen LogP contribution in [-0.2, 0) is 11.2 Å². The van der Waals surface area contributed by atoms with Gasteiger partial charge in [0.2, 0.25) is 0 Å². The normalized spacial score (nSPS) is 10.0. The summed E-state index contributed by atoms with van der Waals surface area (Å²) in [5, 5.41) is 0. The van der Waals surface area contributed by atoms with E-state index in [0.29, 0.717) is 18.8 Å². The highest BCUT2D eigenvalue weighted by atomic mass is 16.5. The number of esters is 1. The summed E-state index contributed by atoms with van der Waals surface area (Å²) < 4.78 is 4.68. The summed E-state index contributed by atoms with van der Waals surface area (Å²) in [5.74, 6) is -0.193. The van der Waals surface area contributed by atoms with Crippen LogP contribution in [0.2, 0.25) is 0 Å². The van der Waals surface area contributed by atoms with Crippen LogP contribution in [0.1, 0.15) is 23.1 Å². The van der Waals surface area contributed by atoms with Crippen LogP contribution >= 0.6 is 0 Å². The number of carbonyl (C=O) groups is 1. The molecule has 0 unspecified atom stereocenters. The monoisotopic (exact) mass is 211 g/mol. The van der Waals surface area contributed by atoms with Gasteiger partial charge in [-0.1, -0.05) is 0 Å². The van der Waals surface area contributed by atoms with Crippen molar-refractivity contribution in [3.05, 3.63) is 27.9 Å². The Bertz CT molecular complexity index is 400. The van der Waals surface area contributed by atoms with Gasteiger partial charge < -0.3 is 15.5 Å². The van der Waals surface area contributed by atoms with Crippen molar-refractivity contribution in [1.82, 2.24) is 9.97 Å². The zero-order chi connectivity index (χ0) is 11.3. The smallest absolute Gasteiger partial charge is 0.345 e. The molecule has 3 N–H and O–H groups in total. The maximum absolute atomic E-state index is 11.4. The summed E-state index contributed by atoms with van der Waals surface area (Å²) in [4.78, 5) is 29.0. The minimum atomic E-state index is -0.662. The second-order valence-corrected chi connectivity index (χ2v) is 2.83. The van der Waals surface area contributed by atoms with E-state index < -0.39 is 11.5 Å². The molecule has 0 amide bonds. The molecule has 0 radical (unpaired) electrons. The molecule has 1 heterocycles. The predicted octanol–water partition coefficient (Wildman–Crippen LogP) is -0.552. The molecule has 0 aromatic carbocycles. The Kier molecular flexibility index (Phi) is 3.99. The quantitative estimate of drug-likeness (QED) is 0.651. The van der Waals surface area contributed by atoms with E-state index in [1.54, 1.807) is 6.92 Å². The summed E-state index contributed by atoms with van der Waals surface area (Å²) in [5.41, 5.74) is 4.72. The number of nitrogens with zero attached hydrogens (tertiary/aromatic N) is 1. The first-order valence-electron chi connectivity index (χ1n) is 4.64. The SMILES string of the molecule is CCOC(=O)c1cnc(CCN)[nH]c1=O. The summed E-state index contributed by atoms with van der Waals surface area (Å²) >= 11 is 0. The Labute approximate surface area is 86.5 Å². The van der Waals surface area contributed by atoms with Gasteiger partial charge in [0.05, 0.1) is 6.61 Å². The molecule has 1 aromatic heterocycles. The Morgan fingerprint density at radius 3 is 2.93 bits per heavy atom. The van der Waals surface area contributed by atoms with Crippen LogP contribution in [0.5, 0.6) is 0 Å². The lowest BCUT2D eigenvalue weighted by atomic mass is 10.3.